The molecule has 0 amide bonds. The highest BCUT2D eigenvalue weighted by Crippen LogP contribution is 2.11. The van der Waals surface area contributed by atoms with Gasteiger partial charge < -0.3 is 5.32 Å². The molecule has 0 radical (unpaired) electrons. The Morgan fingerprint density at radius 1 is 1.33 bits per heavy atom. The van der Waals surface area contributed by atoms with E-state index < -0.39 is 0 Å². The van der Waals surface area contributed by atoms with Crippen LogP contribution in [0.4, 0.5) is 0 Å². The molecule has 0 fully saturated rings. The quantitative estimate of drug-likeness (QED) is 0.868. The highest BCUT2D eigenvalue weighted by Gasteiger charge is 2.06. The zero-order valence-electron chi connectivity index (χ0n) is 11.1. The Hall–Kier alpha value is -1.27. The van der Waals surface area contributed by atoms with Gasteiger partial charge in [-0.05, 0) is 12.8 Å². The highest BCUT2D eigenvalue weighted by atomic mass is 32.1. The number of aryl methyl sites for hydroxylation is 1. The van der Waals surface area contributed by atoms with E-state index in [0.29, 0.717) is 5.92 Å². The van der Waals surface area contributed by atoms with Crippen LogP contribution in [0.15, 0.2) is 12.5 Å². The monoisotopic (exact) mass is 265 g/mol. The molecule has 0 unspecified atom stereocenters. The molecule has 0 spiro atoms. The van der Waals surface area contributed by atoms with Crippen molar-refractivity contribution in [1.82, 2.24) is 25.1 Å². The van der Waals surface area contributed by atoms with Crippen molar-refractivity contribution in [3.63, 3.8) is 0 Å². The van der Waals surface area contributed by atoms with Gasteiger partial charge in [0.1, 0.15) is 12.2 Å². The molecular formula is C12H19N5S. The van der Waals surface area contributed by atoms with Crippen molar-refractivity contribution >= 4 is 11.3 Å². The Morgan fingerprint density at radius 3 is 2.83 bits per heavy atom. The number of aromatic nitrogens is 4. The smallest absolute Gasteiger partial charge is 0.140 e. The number of thiazole rings is 1. The second kappa shape index (κ2) is 6.06. The summed E-state index contributed by atoms with van der Waals surface area (Å²) < 4.78 is 1.97. The molecule has 2 aromatic rings. The summed E-state index contributed by atoms with van der Waals surface area (Å²) in [6, 6.07) is 0. The number of hydrogen-bond acceptors (Lipinski definition) is 5. The number of nitrogens with zero attached hydrogens (tertiary/aromatic N) is 4. The summed E-state index contributed by atoms with van der Waals surface area (Å²) in [5.41, 5.74) is 0. The van der Waals surface area contributed by atoms with Crippen molar-refractivity contribution in [1.29, 1.82) is 0 Å². The van der Waals surface area contributed by atoms with Crippen LogP contribution in [0.5, 0.6) is 0 Å². The van der Waals surface area contributed by atoms with E-state index in [1.54, 1.807) is 17.7 Å². The predicted octanol–water partition coefficient (Wildman–Crippen LogP) is 1.99. The third-order valence-electron chi connectivity index (χ3n) is 2.49. The molecule has 0 bridgehead atoms. The lowest BCUT2D eigenvalue weighted by atomic mass is 10.2. The van der Waals surface area contributed by atoms with Crippen LogP contribution in [0.1, 0.15) is 29.6 Å². The van der Waals surface area contributed by atoms with Crippen LogP contribution in [0.25, 0.3) is 0 Å². The fraction of sp³-hybridized carbons (Fsp3) is 0.583. The molecule has 0 saturated carbocycles. The molecule has 98 valence electrons. The van der Waals surface area contributed by atoms with E-state index in [1.807, 2.05) is 17.8 Å². The molecule has 6 heteroatoms. The Balaban J connectivity index is 1.84. The SMILES string of the molecule is Cc1ncc(CNCc2ncnn2CC(C)C)s1. The second-order valence-corrected chi connectivity index (χ2v) is 6.02. The van der Waals surface area contributed by atoms with Gasteiger partial charge in [-0.2, -0.15) is 5.10 Å². The molecule has 2 aromatic heterocycles. The standard InChI is InChI=1S/C12H19N5S/c1-9(2)7-17-12(15-8-16-17)6-13-4-11-5-14-10(3)18-11/h5,8-9,13H,4,6-7H2,1-3H3. The molecule has 1 N–H and O–H groups in total. The van der Waals surface area contributed by atoms with Crippen LogP contribution < -0.4 is 5.32 Å². The van der Waals surface area contributed by atoms with Crippen molar-refractivity contribution in [2.24, 2.45) is 5.92 Å². The topological polar surface area (TPSA) is 55.6 Å². The predicted molar refractivity (Wildman–Crippen MR) is 72.3 cm³/mol. The third-order valence-corrected chi connectivity index (χ3v) is 3.40. The van der Waals surface area contributed by atoms with Gasteiger partial charge in [-0.15, -0.1) is 11.3 Å². The van der Waals surface area contributed by atoms with E-state index in [2.05, 4.69) is 34.2 Å². The fourth-order valence-electron chi connectivity index (χ4n) is 1.71. The van der Waals surface area contributed by atoms with Crippen LogP contribution in [0.3, 0.4) is 0 Å². The van der Waals surface area contributed by atoms with Crippen molar-refractivity contribution in [3.05, 3.63) is 28.2 Å². The number of rotatable bonds is 6. The summed E-state index contributed by atoms with van der Waals surface area (Å²) in [5.74, 6) is 1.57. The van der Waals surface area contributed by atoms with Crippen LogP contribution >= 0.6 is 11.3 Å². The van der Waals surface area contributed by atoms with E-state index >= 15 is 0 Å². The fourth-order valence-corrected chi connectivity index (χ4v) is 2.47. The Kier molecular flexibility index (Phi) is 4.43. The van der Waals surface area contributed by atoms with Gasteiger partial charge in [0, 0.05) is 24.2 Å². The highest BCUT2D eigenvalue weighted by molar-refractivity contribution is 7.11. The maximum atomic E-state index is 4.28. The molecule has 18 heavy (non-hydrogen) atoms. The largest absolute Gasteiger partial charge is 0.305 e. The Morgan fingerprint density at radius 2 is 2.17 bits per heavy atom. The van der Waals surface area contributed by atoms with Gasteiger partial charge in [0.25, 0.3) is 0 Å². The first-order chi connectivity index (χ1) is 8.65. The Bertz CT molecular complexity index is 488. The average molecular weight is 265 g/mol. The van der Waals surface area contributed by atoms with Gasteiger partial charge in [-0.1, -0.05) is 13.8 Å². The van der Waals surface area contributed by atoms with E-state index in [-0.39, 0.29) is 0 Å². The lowest BCUT2D eigenvalue weighted by molar-refractivity contribution is 0.458. The molecular weight excluding hydrogens is 246 g/mol. The van der Waals surface area contributed by atoms with Crippen molar-refractivity contribution < 1.29 is 0 Å². The Labute approximate surface area is 111 Å². The minimum atomic E-state index is 0.578. The second-order valence-electron chi connectivity index (χ2n) is 4.70. The first-order valence-corrected chi connectivity index (χ1v) is 6.95. The summed E-state index contributed by atoms with van der Waals surface area (Å²) in [5, 5.41) is 8.73. The summed E-state index contributed by atoms with van der Waals surface area (Å²) in [7, 11) is 0. The van der Waals surface area contributed by atoms with Crippen LogP contribution in [-0.2, 0) is 19.6 Å². The first kappa shape index (κ1) is 13.2. The van der Waals surface area contributed by atoms with Crippen molar-refractivity contribution in [3.8, 4) is 0 Å². The molecule has 0 atom stereocenters. The summed E-state index contributed by atoms with van der Waals surface area (Å²) in [4.78, 5) is 9.77. The van der Waals surface area contributed by atoms with Crippen LogP contribution in [-0.4, -0.2) is 19.7 Å². The summed E-state index contributed by atoms with van der Waals surface area (Å²) >= 11 is 1.72. The van der Waals surface area contributed by atoms with Gasteiger partial charge in [0.2, 0.25) is 0 Å². The molecule has 0 aliphatic carbocycles. The summed E-state index contributed by atoms with van der Waals surface area (Å²) in [6.45, 7) is 8.87. The van der Waals surface area contributed by atoms with Crippen molar-refractivity contribution in [2.45, 2.75) is 40.4 Å². The van der Waals surface area contributed by atoms with E-state index in [9.17, 15) is 0 Å². The minimum Gasteiger partial charge on any atom is -0.305 e. The van der Waals surface area contributed by atoms with Crippen LogP contribution in [0, 0.1) is 12.8 Å². The van der Waals surface area contributed by atoms with E-state index in [4.69, 9.17) is 0 Å². The maximum Gasteiger partial charge on any atom is 0.140 e. The molecule has 0 aliphatic rings. The first-order valence-electron chi connectivity index (χ1n) is 6.14. The molecule has 0 saturated heterocycles. The number of hydrogen-bond donors (Lipinski definition) is 1. The van der Waals surface area contributed by atoms with E-state index in [0.717, 1.165) is 30.5 Å². The lowest BCUT2D eigenvalue weighted by Crippen LogP contribution is -2.18. The van der Waals surface area contributed by atoms with Gasteiger partial charge >= 0.3 is 0 Å². The third kappa shape index (κ3) is 3.61. The van der Waals surface area contributed by atoms with Gasteiger partial charge in [-0.3, -0.25) is 0 Å². The van der Waals surface area contributed by atoms with Gasteiger partial charge in [0.15, 0.2) is 0 Å². The molecule has 2 rings (SSSR count). The van der Waals surface area contributed by atoms with Gasteiger partial charge in [0.05, 0.1) is 11.6 Å². The zero-order chi connectivity index (χ0) is 13.0. The minimum absolute atomic E-state index is 0.578. The van der Waals surface area contributed by atoms with E-state index in [1.165, 1.54) is 4.88 Å². The normalized spacial score (nSPS) is 11.3. The molecule has 0 aromatic carbocycles. The average Bonchev–Trinajstić information content (AvgIpc) is 2.88. The van der Waals surface area contributed by atoms with Crippen molar-refractivity contribution in [2.75, 3.05) is 0 Å². The lowest BCUT2D eigenvalue weighted by Gasteiger charge is -2.08. The maximum absolute atomic E-state index is 4.28. The van der Waals surface area contributed by atoms with Crippen LogP contribution in [0.2, 0.25) is 0 Å². The van der Waals surface area contributed by atoms with Gasteiger partial charge in [-0.25, -0.2) is 14.6 Å². The molecule has 5 nitrogen and oxygen atoms in total. The zero-order valence-corrected chi connectivity index (χ0v) is 11.9. The molecule has 0 aliphatic heterocycles. The molecule has 2 heterocycles. The summed E-state index contributed by atoms with van der Waals surface area (Å²) in [6.07, 6.45) is 3.54. The number of nitrogens with one attached hydrogen (secondary N) is 1.